The largest absolute Gasteiger partial charge is 0.480 e. The minimum absolute atomic E-state index is 0.207. The van der Waals surface area contributed by atoms with E-state index in [0.29, 0.717) is 19.5 Å². The molecule has 108 valence electrons. The van der Waals surface area contributed by atoms with Gasteiger partial charge in [0.25, 0.3) is 0 Å². The van der Waals surface area contributed by atoms with E-state index >= 15 is 0 Å². The van der Waals surface area contributed by atoms with Gasteiger partial charge in [0.1, 0.15) is 6.04 Å². The van der Waals surface area contributed by atoms with E-state index < -0.39 is 12.0 Å². The highest BCUT2D eigenvalue weighted by molar-refractivity contribution is 5.82. The predicted molar refractivity (Wildman–Crippen MR) is 75.3 cm³/mol. The number of urea groups is 1. The first-order chi connectivity index (χ1) is 9.59. The van der Waals surface area contributed by atoms with Gasteiger partial charge in [-0.15, -0.1) is 0 Å². The predicted octanol–water partition coefficient (Wildman–Crippen LogP) is 2.18. The third-order valence-corrected chi connectivity index (χ3v) is 3.62. The van der Waals surface area contributed by atoms with Crippen LogP contribution >= 0.6 is 0 Å². The Balaban J connectivity index is 2.03. The number of carboxylic acid groups (broad SMARTS) is 1. The van der Waals surface area contributed by atoms with Crippen molar-refractivity contribution in [3.8, 4) is 0 Å². The molecule has 5 heteroatoms. The van der Waals surface area contributed by atoms with Crippen molar-refractivity contribution in [2.24, 2.45) is 0 Å². The lowest BCUT2D eigenvalue weighted by Crippen LogP contribution is -2.52. The fourth-order valence-corrected chi connectivity index (χ4v) is 2.56. The Kier molecular flexibility index (Phi) is 4.61. The minimum Gasteiger partial charge on any atom is -0.480 e. The standard InChI is InChI=1S/C15H20N2O3/c1-16(11-12-7-3-2-4-8-12)15(20)17-10-6-5-9-13(17)14(18)19/h2-4,7-8,13H,5-6,9-11H2,1H3,(H,18,19). The van der Waals surface area contributed by atoms with Crippen LogP contribution in [0.5, 0.6) is 0 Å². The molecule has 0 bridgehead atoms. The first kappa shape index (κ1) is 14.4. The molecule has 0 spiro atoms. The summed E-state index contributed by atoms with van der Waals surface area (Å²) in [5, 5.41) is 9.22. The molecule has 1 fully saturated rings. The third-order valence-electron chi connectivity index (χ3n) is 3.62. The summed E-state index contributed by atoms with van der Waals surface area (Å²) in [7, 11) is 1.71. The van der Waals surface area contributed by atoms with Crippen molar-refractivity contribution in [2.75, 3.05) is 13.6 Å². The molecule has 0 radical (unpaired) electrons. The molecule has 2 rings (SSSR count). The Hall–Kier alpha value is -2.04. The maximum atomic E-state index is 12.4. The average molecular weight is 276 g/mol. The molecule has 20 heavy (non-hydrogen) atoms. The van der Waals surface area contributed by atoms with Gasteiger partial charge in [-0.3, -0.25) is 0 Å². The molecule has 1 unspecified atom stereocenters. The summed E-state index contributed by atoms with van der Waals surface area (Å²) < 4.78 is 0. The van der Waals surface area contributed by atoms with Gasteiger partial charge in [0.15, 0.2) is 0 Å². The number of piperidine rings is 1. The van der Waals surface area contributed by atoms with Gasteiger partial charge in [0.2, 0.25) is 0 Å². The Bertz CT molecular complexity index is 475. The van der Waals surface area contributed by atoms with Crippen LogP contribution in [0.2, 0.25) is 0 Å². The number of carbonyl (C=O) groups is 2. The van der Waals surface area contributed by atoms with Crippen molar-refractivity contribution in [2.45, 2.75) is 31.8 Å². The molecule has 2 amide bonds. The number of hydrogen-bond acceptors (Lipinski definition) is 2. The molecule has 0 saturated carbocycles. The number of nitrogens with zero attached hydrogens (tertiary/aromatic N) is 2. The summed E-state index contributed by atoms with van der Waals surface area (Å²) in [6.45, 7) is 1.01. The first-order valence-electron chi connectivity index (χ1n) is 6.88. The van der Waals surface area contributed by atoms with Crippen molar-refractivity contribution < 1.29 is 14.7 Å². The smallest absolute Gasteiger partial charge is 0.326 e. The van der Waals surface area contributed by atoms with E-state index in [9.17, 15) is 14.7 Å². The van der Waals surface area contributed by atoms with E-state index in [0.717, 1.165) is 18.4 Å². The Morgan fingerprint density at radius 1 is 1.30 bits per heavy atom. The molecule has 1 aliphatic rings. The zero-order chi connectivity index (χ0) is 14.5. The summed E-state index contributed by atoms with van der Waals surface area (Å²) in [5.74, 6) is -0.911. The van der Waals surface area contributed by atoms with Crippen molar-refractivity contribution in [3.63, 3.8) is 0 Å². The Morgan fingerprint density at radius 2 is 2.00 bits per heavy atom. The van der Waals surface area contributed by atoms with Crippen molar-refractivity contribution in [1.82, 2.24) is 9.80 Å². The highest BCUT2D eigenvalue weighted by Gasteiger charge is 2.33. The van der Waals surface area contributed by atoms with Crippen LogP contribution in [0, 0.1) is 0 Å². The van der Waals surface area contributed by atoms with Crippen LogP contribution in [0.15, 0.2) is 30.3 Å². The Morgan fingerprint density at radius 3 is 2.65 bits per heavy atom. The van der Waals surface area contributed by atoms with E-state index in [1.165, 1.54) is 4.90 Å². The quantitative estimate of drug-likeness (QED) is 0.920. The van der Waals surface area contributed by atoms with Crippen LogP contribution in [0.25, 0.3) is 0 Å². The topological polar surface area (TPSA) is 60.9 Å². The number of carbonyl (C=O) groups excluding carboxylic acids is 1. The summed E-state index contributed by atoms with van der Waals surface area (Å²) in [6.07, 6.45) is 2.28. The van der Waals surface area contributed by atoms with E-state index in [-0.39, 0.29) is 6.03 Å². The maximum absolute atomic E-state index is 12.4. The van der Waals surface area contributed by atoms with Crippen molar-refractivity contribution in [3.05, 3.63) is 35.9 Å². The SMILES string of the molecule is CN(Cc1ccccc1)C(=O)N1CCCCC1C(=O)O. The lowest BCUT2D eigenvalue weighted by molar-refractivity contribution is -0.143. The molecule has 1 atom stereocenters. The molecule has 1 aromatic carbocycles. The van der Waals surface area contributed by atoms with Crippen LogP contribution in [0.4, 0.5) is 4.79 Å². The third kappa shape index (κ3) is 3.29. The number of hydrogen-bond donors (Lipinski definition) is 1. The van der Waals surface area contributed by atoms with Crippen molar-refractivity contribution in [1.29, 1.82) is 0 Å². The average Bonchev–Trinajstić information content (AvgIpc) is 2.47. The number of aliphatic carboxylic acids is 1. The molecule has 1 aliphatic heterocycles. The highest BCUT2D eigenvalue weighted by Crippen LogP contribution is 2.19. The molecule has 1 N–H and O–H groups in total. The summed E-state index contributed by atoms with van der Waals surface area (Å²) in [6, 6.07) is 8.79. The second-order valence-electron chi connectivity index (χ2n) is 5.17. The van der Waals surface area contributed by atoms with Crippen molar-refractivity contribution >= 4 is 12.0 Å². The number of amides is 2. The van der Waals surface area contributed by atoms with E-state index in [4.69, 9.17) is 0 Å². The monoisotopic (exact) mass is 276 g/mol. The molecule has 1 aromatic rings. The highest BCUT2D eigenvalue weighted by atomic mass is 16.4. The van der Waals surface area contributed by atoms with Gasteiger partial charge in [0, 0.05) is 20.1 Å². The maximum Gasteiger partial charge on any atom is 0.326 e. The number of benzene rings is 1. The van der Waals surface area contributed by atoms with Crippen LogP contribution in [-0.4, -0.2) is 46.5 Å². The van der Waals surface area contributed by atoms with E-state index in [1.807, 2.05) is 30.3 Å². The first-order valence-corrected chi connectivity index (χ1v) is 6.88. The van der Waals surface area contributed by atoms with Crippen LogP contribution in [-0.2, 0) is 11.3 Å². The lowest BCUT2D eigenvalue weighted by atomic mass is 10.0. The molecule has 0 aliphatic carbocycles. The fourth-order valence-electron chi connectivity index (χ4n) is 2.56. The van der Waals surface area contributed by atoms with Gasteiger partial charge >= 0.3 is 12.0 Å². The number of rotatable bonds is 3. The minimum atomic E-state index is -0.911. The van der Waals surface area contributed by atoms with Crippen LogP contribution in [0.1, 0.15) is 24.8 Å². The van der Waals surface area contributed by atoms with Gasteiger partial charge in [-0.25, -0.2) is 9.59 Å². The second kappa shape index (κ2) is 6.41. The van der Waals surface area contributed by atoms with Gasteiger partial charge in [-0.2, -0.15) is 0 Å². The van der Waals surface area contributed by atoms with Crippen LogP contribution < -0.4 is 0 Å². The number of likely N-dealkylation sites (tertiary alicyclic amines) is 1. The molecule has 0 aromatic heterocycles. The van der Waals surface area contributed by atoms with E-state index in [1.54, 1.807) is 11.9 Å². The summed E-state index contributed by atoms with van der Waals surface area (Å²) in [4.78, 5) is 26.7. The molecule has 1 saturated heterocycles. The lowest BCUT2D eigenvalue weighted by Gasteiger charge is -2.35. The summed E-state index contributed by atoms with van der Waals surface area (Å²) in [5.41, 5.74) is 1.03. The zero-order valence-corrected chi connectivity index (χ0v) is 11.7. The molecular weight excluding hydrogens is 256 g/mol. The van der Waals surface area contributed by atoms with Gasteiger partial charge in [-0.1, -0.05) is 30.3 Å². The Labute approximate surface area is 118 Å². The normalized spacial score (nSPS) is 18.6. The van der Waals surface area contributed by atoms with Gasteiger partial charge < -0.3 is 14.9 Å². The van der Waals surface area contributed by atoms with Crippen LogP contribution in [0.3, 0.4) is 0 Å². The van der Waals surface area contributed by atoms with Gasteiger partial charge in [0.05, 0.1) is 0 Å². The van der Waals surface area contributed by atoms with E-state index in [2.05, 4.69) is 0 Å². The molecule has 1 heterocycles. The van der Waals surface area contributed by atoms with Gasteiger partial charge in [-0.05, 0) is 24.8 Å². The second-order valence-corrected chi connectivity index (χ2v) is 5.17. The molecule has 5 nitrogen and oxygen atoms in total. The summed E-state index contributed by atoms with van der Waals surface area (Å²) >= 11 is 0. The zero-order valence-electron chi connectivity index (χ0n) is 11.7. The molecular formula is C15H20N2O3. The number of carboxylic acids is 1. The fraction of sp³-hybridized carbons (Fsp3) is 0.467.